The third kappa shape index (κ3) is 3.22. The fraction of sp³-hybridized carbons (Fsp3) is 0.579. The number of hydrogen-bond donors (Lipinski definition) is 0. The van der Waals surface area contributed by atoms with Gasteiger partial charge in [-0.1, -0.05) is 0 Å². The van der Waals surface area contributed by atoms with E-state index in [-0.39, 0.29) is 0 Å². The van der Waals surface area contributed by atoms with Crippen molar-refractivity contribution in [2.45, 2.75) is 32.1 Å². The molecule has 0 aromatic rings. The Morgan fingerprint density at radius 3 is 1.67 bits per heavy atom. The van der Waals surface area contributed by atoms with Gasteiger partial charge < -0.3 is 0 Å². The molecular formula is C19H18S6Se2. The van der Waals surface area contributed by atoms with E-state index in [1.165, 1.54) is 37.2 Å². The Bertz CT molecular complexity index is 797. The van der Waals surface area contributed by atoms with Gasteiger partial charge in [0.2, 0.25) is 0 Å². The van der Waals surface area contributed by atoms with E-state index in [0.717, 1.165) is 23.7 Å². The molecule has 8 aliphatic rings. The quantitative estimate of drug-likeness (QED) is 0.277. The van der Waals surface area contributed by atoms with Crippen molar-refractivity contribution in [1.29, 1.82) is 0 Å². The van der Waals surface area contributed by atoms with Crippen molar-refractivity contribution in [3.8, 4) is 0 Å². The molecule has 4 saturated carbocycles. The van der Waals surface area contributed by atoms with Crippen LogP contribution in [0.4, 0.5) is 0 Å². The molecule has 0 amide bonds. The number of allylic oxidation sites excluding steroid dienone is 1. The Labute approximate surface area is 199 Å². The predicted octanol–water partition coefficient (Wildman–Crippen LogP) is 6.90. The molecule has 0 nitrogen and oxygen atoms in total. The van der Waals surface area contributed by atoms with E-state index in [0.29, 0.717) is 29.9 Å². The van der Waals surface area contributed by atoms with Crippen molar-refractivity contribution in [2.75, 3.05) is 11.5 Å². The van der Waals surface area contributed by atoms with E-state index in [1.54, 1.807) is 31.0 Å². The van der Waals surface area contributed by atoms with Gasteiger partial charge in [-0.25, -0.2) is 0 Å². The van der Waals surface area contributed by atoms with Crippen LogP contribution < -0.4 is 0 Å². The van der Waals surface area contributed by atoms with Crippen LogP contribution in [0, 0.1) is 23.7 Å². The van der Waals surface area contributed by atoms with Gasteiger partial charge >= 0.3 is 201 Å². The van der Waals surface area contributed by atoms with E-state index in [9.17, 15) is 0 Å². The van der Waals surface area contributed by atoms with Gasteiger partial charge in [0.25, 0.3) is 0 Å². The van der Waals surface area contributed by atoms with E-state index >= 15 is 0 Å². The summed E-state index contributed by atoms with van der Waals surface area (Å²) in [6, 6.07) is 0. The van der Waals surface area contributed by atoms with Gasteiger partial charge in [-0.15, -0.1) is 0 Å². The van der Waals surface area contributed by atoms with Crippen LogP contribution in [0.25, 0.3) is 0 Å². The zero-order valence-electron chi connectivity index (χ0n) is 14.5. The maximum atomic E-state index is 2.17. The summed E-state index contributed by atoms with van der Waals surface area (Å²) in [6.07, 6.45) is 7.64. The molecular weight excluding hydrogens is 579 g/mol. The summed E-state index contributed by atoms with van der Waals surface area (Å²) in [5, 5.41) is 0. The zero-order chi connectivity index (χ0) is 17.5. The van der Waals surface area contributed by atoms with Crippen LogP contribution in [-0.4, -0.2) is 41.4 Å². The van der Waals surface area contributed by atoms with Gasteiger partial charge in [-0.05, 0) is 0 Å². The predicted molar refractivity (Wildman–Crippen MR) is 132 cm³/mol. The summed E-state index contributed by atoms with van der Waals surface area (Å²) in [7, 11) is 0. The van der Waals surface area contributed by atoms with Crippen LogP contribution in [0.15, 0.2) is 33.5 Å². The molecule has 4 aliphatic carbocycles. The van der Waals surface area contributed by atoms with Crippen molar-refractivity contribution < 1.29 is 0 Å². The number of thioether (sulfide) groups is 6. The first-order chi connectivity index (χ1) is 13.3. The molecule has 0 aromatic heterocycles. The summed E-state index contributed by atoms with van der Waals surface area (Å²) in [5.74, 6) is 6.74. The fourth-order valence-corrected chi connectivity index (χ4v) is 25.4. The molecule has 0 N–H and O–H groups in total. The number of rotatable bonds is 0. The fourth-order valence-electron chi connectivity index (χ4n) is 5.61. The van der Waals surface area contributed by atoms with Crippen LogP contribution in [-0.2, 0) is 0 Å². The molecule has 8 heteroatoms. The van der Waals surface area contributed by atoms with Crippen molar-refractivity contribution in [3.63, 3.8) is 0 Å². The third-order valence-corrected chi connectivity index (χ3v) is 24.1. The second-order valence-electron chi connectivity index (χ2n) is 8.08. The molecule has 4 aliphatic heterocycles. The Kier molecular flexibility index (Phi) is 5.06. The second kappa shape index (κ2) is 7.32. The number of hydrogen-bond acceptors (Lipinski definition) is 6. The standard InChI is InChI=1S/C19H18S6Se2/c1-2-21-18-17(20-1)26-19(27-18)16-24-14-15(25-16)23-13(22-14)12-10-4-8-3-9(6-10)7-11(12)5-8/h8-11H,1-7H2. The molecule has 4 heterocycles. The molecule has 4 fully saturated rings. The van der Waals surface area contributed by atoms with Crippen LogP contribution >= 0.6 is 70.6 Å². The normalized spacial score (nSPS) is 40.0. The van der Waals surface area contributed by atoms with Crippen molar-refractivity contribution in [1.82, 2.24) is 0 Å². The van der Waals surface area contributed by atoms with Gasteiger partial charge in [0.1, 0.15) is 0 Å². The maximum absolute atomic E-state index is 2.17. The van der Waals surface area contributed by atoms with Crippen LogP contribution in [0.2, 0.25) is 0 Å². The topological polar surface area (TPSA) is 0 Å². The van der Waals surface area contributed by atoms with Crippen molar-refractivity contribution in [2.24, 2.45) is 23.7 Å². The molecule has 0 saturated heterocycles. The van der Waals surface area contributed by atoms with Crippen molar-refractivity contribution in [3.05, 3.63) is 33.5 Å². The molecule has 142 valence electrons. The molecule has 8 rings (SSSR count). The van der Waals surface area contributed by atoms with Crippen molar-refractivity contribution >= 4 is 100 Å². The van der Waals surface area contributed by atoms with Crippen LogP contribution in [0.3, 0.4) is 0 Å². The average Bonchev–Trinajstić information content (AvgIpc) is 3.33. The van der Waals surface area contributed by atoms with E-state index < -0.39 is 0 Å². The van der Waals surface area contributed by atoms with Gasteiger partial charge in [-0.3, -0.25) is 0 Å². The summed E-state index contributed by atoms with van der Waals surface area (Å²) in [6.45, 7) is 0. The first kappa shape index (κ1) is 18.6. The van der Waals surface area contributed by atoms with E-state index in [1.807, 2.05) is 8.94 Å². The van der Waals surface area contributed by atoms with Gasteiger partial charge in [0, 0.05) is 0 Å². The summed E-state index contributed by atoms with van der Waals surface area (Å²) in [5.41, 5.74) is 1.92. The summed E-state index contributed by atoms with van der Waals surface area (Å²) in [4.78, 5) is 0. The Balaban J connectivity index is 1.10. The molecule has 27 heavy (non-hydrogen) atoms. The first-order valence-corrected chi connectivity index (χ1v) is 18.3. The second-order valence-corrected chi connectivity index (χ2v) is 22.2. The summed E-state index contributed by atoms with van der Waals surface area (Å²) < 4.78 is 12.1. The molecule has 0 spiro atoms. The van der Waals surface area contributed by atoms with E-state index in [2.05, 4.69) is 70.6 Å². The molecule has 0 atom stereocenters. The third-order valence-electron chi connectivity index (χ3n) is 6.42. The van der Waals surface area contributed by atoms with E-state index in [4.69, 9.17) is 0 Å². The average molecular weight is 597 g/mol. The first-order valence-electron chi connectivity index (χ1n) is 9.59. The van der Waals surface area contributed by atoms with Gasteiger partial charge in [0.15, 0.2) is 0 Å². The van der Waals surface area contributed by atoms with Crippen LogP contribution in [0.5, 0.6) is 0 Å². The van der Waals surface area contributed by atoms with Gasteiger partial charge in [-0.2, -0.15) is 0 Å². The SMILES string of the molecule is C1CSC2=C(S1)[Se]C(=C1SC3=C(S1)SC(=C1C4CC5CC(C4)CC1C5)S3)[Se]2. The van der Waals surface area contributed by atoms with Crippen LogP contribution in [0.1, 0.15) is 32.1 Å². The minimum atomic E-state index is 0.653. The Morgan fingerprint density at radius 1 is 0.593 bits per heavy atom. The molecule has 4 bridgehead atoms. The Morgan fingerprint density at radius 2 is 1.11 bits per heavy atom. The van der Waals surface area contributed by atoms with Gasteiger partial charge in [0.05, 0.1) is 0 Å². The monoisotopic (exact) mass is 598 g/mol. The molecule has 0 aromatic carbocycles. The Hall–Kier alpha value is 2.10. The minimum absolute atomic E-state index is 0.653. The summed E-state index contributed by atoms with van der Waals surface area (Å²) >= 11 is 14.3. The molecule has 0 radical (unpaired) electrons. The molecule has 0 unspecified atom stereocenters. The zero-order valence-corrected chi connectivity index (χ0v) is 22.9.